The van der Waals surface area contributed by atoms with E-state index in [9.17, 15) is 4.79 Å². The molecule has 1 N–H and O–H groups in total. The minimum atomic E-state index is 0.0147. The molecule has 0 radical (unpaired) electrons. The minimum absolute atomic E-state index is 0.0147. The lowest BCUT2D eigenvalue weighted by Crippen LogP contribution is -2.24. The topological polar surface area (TPSA) is 29.1 Å². The van der Waals surface area contributed by atoms with Crippen molar-refractivity contribution in [3.05, 3.63) is 56.2 Å². The quantitative estimate of drug-likeness (QED) is 0.736. The first-order valence-electron chi connectivity index (χ1n) is 6.24. The van der Waals surface area contributed by atoms with Crippen LogP contribution in [-0.2, 0) is 6.42 Å². The fourth-order valence-corrected chi connectivity index (χ4v) is 4.24. The van der Waals surface area contributed by atoms with Gasteiger partial charge in [0.05, 0.1) is 0 Å². The Hall–Kier alpha value is -1.43. The molecular weight excluding hydrogens is 306 g/mol. The van der Waals surface area contributed by atoms with Gasteiger partial charge in [-0.05, 0) is 46.8 Å². The lowest BCUT2D eigenvalue weighted by molar-refractivity contribution is 0.0954. The first kappa shape index (κ1) is 13.5. The summed E-state index contributed by atoms with van der Waals surface area (Å²) < 4.78 is 0. The molecule has 0 spiro atoms. The molecule has 2 nitrogen and oxygen atoms in total. The van der Waals surface area contributed by atoms with Crippen molar-refractivity contribution in [3.8, 4) is 10.4 Å². The van der Waals surface area contributed by atoms with Gasteiger partial charge in [-0.3, -0.25) is 4.79 Å². The van der Waals surface area contributed by atoms with Crippen molar-refractivity contribution < 1.29 is 4.79 Å². The SMILES string of the molecule is O=C(NCCc1ccc(-c2ccsc2)s1)c1ccsc1. The Bertz CT molecular complexity index is 668. The van der Waals surface area contributed by atoms with Crippen LogP contribution in [0.4, 0.5) is 0 Å². The van der Waals surface area contributed by atoms with Gasteiger partial charge in [0.15, 0.2) is 0 Å². The fraction of sp³-hybridized carbons (Fsp3) is 0.133. The molecule has 20 heavy (non-hydrogen) atoms. The number of carbonyl (C=O) groups excluding carboxylic acids is 1. The molecule has 0 unspecified atom stereocenters. The summed E-state index contributed by atoms with van der Waals surface area (Å²) in [7, 11) is 0. The molecule has 3 aromatic heterocycles. The highest BCUT2D eigenvalue weighted by Crippen LogP contribution is 2.29. The van der Waals surface area contributed by atoms with Gasteiger partial charge in [-0.15, -0.1) is 11.3 Å². The number of thiophene rings is 3. The van der Waals surface area contributed by atoms with Crippen LogP contribution in [-0.4, -0.2) is 12.5 Å². The molecule has 0 aliphatic rings. The van der Waals surface area contributed by atoms with Crippen molar-refractivity contribution in [2.24, 2.45) is 0 Å². The molecule has 5 heteroatoms. The fourth-order valence-electron chi connectivity index (χ4n) is 1.87. The Labute approximate surface area is 129 Å². The molecule has 0 aromatic carbocycles. The van der Waals surface area contributed by atoms with Gasteiger partial charge in [0.2, 0.25) is 0 Å². The van der Waals surface area contributed by atoms with E-state index in [2.05, 4.69) is 34.3 Å². The predicted molar refractivity (Wildman–Crippen MR) is 88.0 cm³/mol. The lowest BCUT2D eigenvalue weighted by atomic mass is 10.2. The molecule has 0 aliphatic carbocycles. The van der Waals surface area contributed by atoms with Crippen molar-refractivity contribution in [1.29, 1.82) is 0 Å². The smallest absolute Gasteiger partial charge is 0.252 e. The molecule has 102 valence electrons. The summed E-state index contributed by atoms with van der Waals surface area (Å²) in [6.07, 6.45) is 0.880. The molecular formula is C15H13NOS3. The van der Waals surface area contributed by atoms with Crippen LogP contribution >= 0.6 is 34.0 Å². The molecule has 0 saturated carbocycles. The zero-order valence-corrected chi connectivity index (χ0v) is 13.1. The van der Waals surface area contributed by atoms with Crippen molar-refractivity contribution in [2.75, 3.05) is 6.54 Å². The van der Waals surface area contributed by atoms with Crippen LogP contribution in [0.1, 0.15) is 15.2 Å². The van der Waals surface area contributed by atoms with E-state index in [-0.39, 0.29) is 5.91 Å². The molecule has 3 aromatic rings. The summed E-state index contributed by atoms with van der Waals surface area (Å²) >= 11 is 5.05. The van der Waals surface area contributed by atoms with E-state index in [1.165, 1.54) is 15.3 Å². The number of hydrogen-bond acceptors (Lipinski definition) is 4. The number of hydrogen-bond donors (Lipinski definition) is 1. The van der Waals surface area contributed by atoms with Crippen LogP contribution in [0.3, 0.4) is 0 Å². The van der Waals surface area contributed by atoms with Crippen molar-refractivity contribution in [2.45, 2.75) is 6.42 Å². The zero-order chi connectivity index (χ0) is 13.8. The monoisotopic (exact) mass is 319 g/mol. The van der Waals surface area contributed by atoms with Crippen molar-refractivity contribution >= 4 is 39.9 Å². The Morgan fingerprint density at radius 3 is 2.65 bits per heavy atom. The van der Waals surface area contributed by atoms with E-state index in [1.54, 1.807) is 34.0 Å². The zero-order valence-electron chi connectivity index (χ0n) is 10.7. The summed E-state index contributed by atoms with van der Waals surface area (Å²) in [6, 6.07) is 8.29. The van der Waals surface area contributed by atoms with Gasteiger partial charge in [0.1, 0.15) is 0 Å². The third-order valence-corrected chi connectivity index (χ3v) is 5.47. The number of carbonyl (C=O) groups is 1. The molecule has 0 aliphatic heterocycles. The van der Waals surface area contributed by atoms with Gasteiger partial charge in [-0.25, -0.2) is 0 Å². The first-order chi connectivity index (χ1) is 9.83. The van der Waals surface area contributed by atoms with Gasteiger partial charge < -0.3 is 5.32 Å². The molecule has 0 bridgehead atoms. The molecule has 1 amide bonds. The van der Waals surface area contributed by atoms with Crippen LogP contribution in [0, 0.1) is 0 Å². The van der Waals surface area contributed by atoms with Gasteiger partial charge in [-0.1, -0.05) is 0 Å². The van der Waals surface area contributed by atoms with Gasteiger partial charge in [0, 0.05) is 32.8 Å². The lowest BCUT2D eigenvalue weighted by Gasteiger charge is -2.02. The van der Waals surface area contributed by atoms with Crippen molar-refractivity contribution in [1.82, 2.24) is 5.32 Å². The average molecular weight is 319 g/mol. The Morgan fingerprint density at radius 2 is 1.90 bits per heavy atom. The number of amides is 1. The minimum Gasteiger partial charge on any atom is -0.352 e. The largest absolute Gasteiger partial charge is 0.352 e. The summed E-state index contributed by atoms with van der Waals surface area (Å²) in [5.41, 5.74) is 2.04. The van der Waals surface area contributed by atoms with E-state index < -0.39 is 0 Å². The summed E-state index contributed by atoms with van der Waals surface area (Å²) in [5, 5.41) is 11.0. The Morgan fingerprint density at radius 1 is 1.05 bits per heavy atom. The second-order valence-corrected chi connectivity index (χ2v) is 7.02. The molecule has 0 saturated heterocycles. The third-order valence-electron chi connectivity index (χ3n) is 2.91. The third kappa shape index (κ3) is 3.17. The van der Waals surface area contributed by atoms with Crippen LogP contribution in [0.5, 0.6) is 0 Å². The summed E-state index contributed by atoms with van der Waals surface area (Å²) in [4.78, 5) is 14.4. The highest BCUT2D eigenvalue weighted by Gasteiger charge is 2.06. The molecule has 0 fully saturated rings. The van der Waals surface area contributed by atoms with Crippen LogP contribution in [0.25, 0.3) is 10.4 Å². The summed E-state index contributed by atoms with van der Waals surface area (Å²) in [6.45, 7) is 0.679. The maximum absolute atomic E-state index is 11.8. The van der Waals surface area contributed by atoms with Gasteiger partial charge >= 0.3 is 0 Å². The van der Waals surface area contributed by atoms with Gasteiger partial charge in [0.25, 0.3) is 5.91 Å². The van der Waals surface area contributed by atoms with Crippen LogP contribution in [0.2, 0.25) is 0 Å². The Balaban J connectivity index is 1.53. The number of nitrogens with one attached hydrogen (secondary N) is 1. The highest BCUT2D eigenvalue weighted by atomic mass is 32.1. The normalized spacial score (nSPS) is 10.6. The van der Waals surface area contributed by atoms with E-state index in [0.717, 1.165) is 12.0 Å². The molecule has 3 rings (SSSR count). The maximum Gasteiger partial charge on any atom is 0.252 e. The van der Waals surface area contributed by atoms with Crippen LogP contribution in [0.15, 0.2) is 45.8 Å². The van der Waals surface area contributed by atoms with Gasteiger partial charge in [-0.2, -0.15) is 22.7 Å². The first-order valence-corrected chi connectivity index (χ1v) is 8.95. The highest BCUT2D eigenvalue weighted by molar-refractivity contribution is 7.16. The average Bonchev–Trinajstić information content (AvgIpc) is 3.20. The van der Waals surface area contributed by atoms with E-state index in [0.29, 0.717) is 6.54 Å². The molecule has 0 atom stereocenters. The predicted octanol–water partition coefficient (Wildman–Crippen LogP) is 4.51. The second-order valence-electron chi connectivity index (χ2n) is 4.30. The molecule has 3 heterocycles. The van der Waals surface area contributed by atoms with E-state index >= 15 is 0 Å². The van der Waals surface area contributed by atoms with Crippen molar-refractivity contribution in [3.63, 3.8) is 0 Å². The maximum atomic E-state index is 11.8. The van der Waals surface area contributed by atoms with E-state index in [1.807, 2.05) is 16.8 Å². The van der Waals surface area contributed by atoms with E-state index in [4.69, 9.17) is 0 Å². The number of rotatable bonds is 5. The van der Waals surface area contributed by atoms with Crippen LogP contribution < -0.4 is 5.32 Å². The summed E-state index contributed by atoms with van der Waals surface area (Å²) in [5.74, 6) is 0.0147. The second kappa shape index (κ2) is 6.35. The standard InChI is InChI=1S/C15H13NOS3/c17-15(12-5-8-19-10-12)16-6-3-13-1-2-14(20-13)11-4-7-18-9-11/h1-2,4-5,7-10H,3,6H2,(H,16,17). The Kier molecular flexibility index (Phi) is 4.30.